The zero-order valence-corrected chi connectivity index (χ0v) is 18.9. The number of amidine groups is 1. The van der Waals surface area contributed by atoms with E-state index >= 15 is 0 Å². The first kappa shape index (κ1) is 22.4. The molecule has 0 spiro atoms. The van der Waals surface area contributed by atoms with E-state index in [9.17, 15) is 13.2 Å². The second-order valence-corrected chi connectivity index (χ2v) is 9.17. The van der Waals surface area contributed by atoms with Crippen molar-refractivity contribution in [2.45, 2.75) is 18.7 Å². The molecule has 30 heavy (non-hydrogen) atoms. The summed E-state index contributed by atoms with van der Waals surface area (Å²) in [5, 5.41) is 0.534. The number of carbonyl (C=O) groups is 1. The van der Waals surface area contributed by atoms with Gasteiger partial charge in [-0.15, -0.1) is 4.40 Å². The molecule has 0 fully saturated rings. The second-order valence-electron chi connectivity index (χ2n) is 6.38. The van der Waals surface area contributed by atoms with E-state index in [0.717, 1.165) is 0 Å². The number of allylic oxidation sites excluding steroid dienone is 4. The van der Waals surface area contributed by atoms with Crippen LogP contribution >= 0.6 is 34.8 Å². The van der Waals surface area contributed by atoms with Crippen LogP contribution in [-0.2, 0) is 14.8 Å². The highest BCUT2D eigenvalue weighted by Gasteiger charge is 2.28. The Kier molecular flexibility index (Phi) is 6.62. The maximum absolute atomic E-state index is 12.8. The van der Waals surface area contributed by atoms with Crippen LogP contribution in [0.5, 0.6) is 0 Å². The van der Waals surface area contributed by atoms with Crippen molar-refractivity contribution in [3.8, 4) is 0 Å². The summed E-state index contributed by atoms with van der Waals surface area (Å²) < 4.78 is 29.6. The van der Waals surface area contributed by atoms with Gasteiger partial charge in [0.1, 0.15) is 5.71 Å². The molecule has 1 aliphatic rings. The van der Waals surface area contributed by atoms with Crippen LogP contribution in [0.2, 0.25) is 5.02 Å². The number of hydrogen-bond acceptors (Lipinski definition) is 3. The molecule has 0 unspecified atom stereocenters. The van der Waals surface area contributed by atoms with E-state index in [0.29, 0.717) is 10.6 Å². The van der Waals surface area contributed by atoms with Gasteiger partial charge in [0.05, 0.1) is 15.0 Å². The SMILES string of the molecule is CC1=C(Cl)C(=N/C(=N/S(=O)(=O)c2ccccc2)c2ccc(Cl)cc2)C(Cl)=C(C)C1=O. The lowest BCUT2D eigenvalue weighted by molar-refractivity contribution is -0.112. The summed E-state index contributed by atoms with van der Waals surface area (Å²) in [5.74, 6) is -0.442. The Morgan fingerprint density at radius 3 is 1.90 bits per heavy atom. The fourth-order valence-corrected chi connectivity index (χ4v) is 4.23. The monoisotopic (exact) mass is 480 g/mol. The van der Waals surface area contributed by atoms with Crippen LogP contribution in [0, 0.1) is 0 Å². The molecule has 3 rings (SSSR count). The van der Waals surface area contributed by atoms with Crippen molar-refractivity contribution < 1.29 is 13.2 Å². The third-order valence-corrected chi connectivity index (χ3v) is 6.78. The van der Waals surface area contributed by atoms with E-state index in [1.54, 1.807) is 56.3 Å². The Morgan fingerprint density at radius 2 is 1.37 bits per heavy atom. The van der Waals surface area contributed by atoms with E-state index in [4.69, 9.17) is 34.8 Å². The first-order valence-electron chi connectivity index (χ1n) is 8.64. The number of ketones is 1. The molecule has 0 radical (unpaired) electrons. The van der Waals surface area contributed by atoms with Gasteiger partial charge in [-0.1, -0.05) is 53.0 Å². The van der Waals surface area contributed by atoms with Crippen LogP contribution < -0.4 is 0 Å². The zero-order chi connectivity index (χ0) is 22.1. The predicted octanol–water partition coefficient (Wildman–Crippen LogP) is 5.52. The fraction of sp³-hybridized carbons (Fsp3) is 0.0952. The lowest BCUT2D eigenvalue weighted by atomic mass is 9.97. The van der Waals surface area contributed by atoms with Crippen LogP contribution in [0.15, 0.2) is 90.1 Å². The van der Waals surface area contributed by atoms with Crippen molar-refractivity contribution in [2.24, 2.45) is 9.39 Å². The number of aliphatic imine (C=N–C) groups is 1. The molecule has 0 aromatic heterocycles. The molecule has 154 valence electrons. The van der Waals surface area contributed by atoms with Gasteiger partial charge in [0, 0.05) is 21.7 Å². The van der Waals surface area contributed by atoms with Crippen LogP contribution in [0.25, 0.3) is 0 Å². The molecule has 0 saturated carbocycles. The molecular formula is C21H15Cl3N2O3S. The molecule has 0 bridgehead atoms. The van der Waals surface area contributed by atoms with Crippen LogP contribution in [-0.4, -0.2) is 25.7 Å². The van der Waals surface area contributed by atoms with Gasteiger partial charge in [0.2, 0.25) is 0 Å². The summed E-state index contributed by atoms with van der Waals surface area (Å²) in [6.45, 7) is 3.10. The molecule has 2 aromatic rings. The van der Waals surface area contributed by atoms with Crippen LogP contribution in [0.1, 0.15) is 19.4 Å². The summed E-state index contributed by atoms with van der Waals surface area (Å²) in [5.41, 5.74) is 0.981. The maximum Gasteiger partial charge on any atom is 0.284 e. The van der Waals surface area contributed by atoms with Crippen molar-refractivity contribution >= 4 is 62.2 Å². The molecule has 5 nitrogen and oxygen atoms in total. The van der Waals surface area contributed by atoms with E-state index in [1.165, 1.54) is 12.1 Å². The minimum atomic E-state index is -4.08. The third kappa shape index (κ3) is 4.57. The average Bonchev–Trinajstić information content (AvgIpc) is 2.74. The molecule has 9 heteroatoms. The van der Waals surface area contributed by atoms with Crippen molar-refractivity contribution in [3.63, 3.8) is 0 Å². The minimum Gasteiger partial charge on any atom is -0.289 e. The maximum atomic E-state index is 12.8. The largest absolute Gasteiger partial charge is 0.289 e. The zero-order valence-electron chi connectivity index (χ0n) is 15.9. The Bertz CT molecular complexity index is 1210. The minimum absolute atomic E-state index is 0.00567. The van der Waals surface area contributed by atoms with Gasteiger partial charge in [-0.05, 0) is 50.2 Å². The molecule has 0 atom stereocenters. The molecular weight excluding hydrogens is 467 g/mol. The van der Waals surface area contributed by atoms with Crippen molar-refractivity contribution in [3.05, 3.63) is 86.4 Å². The number of sulfonamides is 1. The number of rotatable bonds is 3. The van der Waals surface area contributed by atoms with Gasteiger partial charge in [-0.3, -0.25) is 4.79 Å². The van der Waals surface area contributed by atoms with Gasteiger partial charge in [0.15, 0.2) is 11.6 Å². The lowest BCUT2D eigenvalue weighted by Crippen LogP contribution is -2.19. The van der Waals surface area contributed by atoms with E-state index in [1.807, 2.05) is 0 Å². The summed E-state index contributed by atoms with van der Waals surface area (Å²) in [6, 6.07) is 14.1. The van der Waals surface area contributed by atoms with Crippen molar-refractivity contribution in [1.82, 2.24) is 0 Å². The van der Waals surface area contributed by atoms with Crippen molar-refractivity contribution in [1.29, 1.82) is 0 Å². The highest BCUT2D eigenvalue weighted by atomic mass is 35.5. The molecule has 0 N–H and O–H groups in total. The molecule has 1 aliphatic carbocycles. The van der Waals surface area contributed by atoms with E-state index < -0.39 is 10.0 Å². The Balaban J connectivity index is 2.25. The molecule has 2 aromatic carbocycles. The van der Waals surface area contributed by atoms with Gasteiger partial charge in [0.25, 0.3) is 10.0 Å². The molecule has 0 aliphatic heterocycles. The number of hydrogen-bond donors (Lipinski definition) is 0. The second kappa shape index (κ2) is 8.86. The Morgan fingerprint density at radius 1 is 0.833 bits per heavy atom. The number of carbonyl (C=O) groups excluding carboxylic acids is 1. The Hall–Kier alpha value is -2.25. The van der Waals surface area contributed by atoms with Gasteiger partial charge < -0.3 is 0 Å². The van der Waals surface area contributed by atoms with Crippen LogP contribution in [0.3, 0.4) is 0 Å². The smallest absolute Gasteiger partial charge is 0.284 e. The number of Topliss-reactive ketones (excluding diaryl/α,β-unsaturated/α-hetero) is 1. The quantitative estimate of drug-likeness (QED) is 0.329. The highest BCUT2D eigenvalue weighted by Crippen LogP contribution is 2.30. The Labute approximate surface area is 189 Å². The average molecular weight is 482 g/mol. The third-order valence-electron chi connectivity index (χ3n) is 4.32. The first-order valence-corrected chi connectivity index (χ1v) is 11.2. The number of nitrogens with zero attached hydrogens (tertiary/aromatic N) is 2. The summed E-state index contributed by atoms with van der Waals surface area (Å²) >= 11 is 18.6. The van der Waals surface area contributed by atoms with Gasteiger partial charge >= 0.3 is 0 Å². The standard InChI is InChI=1S/C21H15Cl3N2O3S/c1-12-17(23)19(18(24)13(2)20(12)27)25-21(14-8-10-15(22)11-9-14)26-30(28,29)16-6-4-3-5-7-16/h3-11H,1-2H3/b26-21+. The lowest BCUT2D eigenvalue weighted by Gasteiger charge is -2.16. The molecule has 0 saturated heterocycles. The van der Waals surface area contributed by atoms with Gasteiger partial charge in [-0.25, -0.2) is 4.99 Å². The molecule has 0 amide bonds. The van der Waals surface area contributed by atoms with Crippen LogP contribution in [0.4, 0.5) is 0 Å². The first-order chi connectivity index (χ1) is 14.1. The summed E-state index contributed by atoms with van der Waals surface area (Å²) in [7, 11) is -4.08. The number of benzene rings is 2. The normalized spacial score (nSPS) is 15.7. The topological polar surface area (TPSA) is 75.9 Å². The highest BCUT2D eigenvalue weighted by molar-refractivity contribution is 7.90. The summed E-state index contributed by atoms with van der Waals surface area (Å²) in [4.78, 5) is 16.6. The predicted molar refractivity (Wildman–Crippen MR) is 121 cm³/mol. The van der Waals surface area contributed by atoms with Gasteiger partial charge in [-0.2, -0.15) is 8.42 Å². The number of halogens is 3. The van der Waals surface area contributed by atoms with Crippen molar-refractivity contribution in [2.75, 3.05) is 0 Å². The fourth-order valence-electron chi connectivity index (χ4n) is 2.63. The molecule has 0 heterocycles. The van der Waals surface area contributed by atoms with E-state index in [2.05, 4.69) is 9.39 Å². The van der Waals surface area contributed by atoms with E-state index in [-0.39, 0.29) is 43.4 Å². The summed E-state index contributed by atoms with van der Waals surface area (Å²) in [6.07, 6.45) is 0.